The second kappa shape index (κ2) is 11.1. The normalized spacial score (nSPS) is 12.4. The molecule has 0 saturated carbocycles. The van der Waals surface area contributed by atoms with Crippen LogP contribution in [0, 0.1) is 6.92 Å². The van der Waals surface area contributed by atoms with Crippen LogP contribution in [0.25, 0.3) is 0 Å². The molecule has 2 aromatic carbocycles. The van der Waals surface area contributed by atoms with Crippen LogP contribution in [-0.4, -0.2) is 31.5 Å². The number of nitrogens with one attached hydrogen (secondary N) is 3. The smallest absolute Gasteiger partial charge is 0.221 e. The fraction of sp³-hybridized carbons (Fsp3) is 0.391. The van der Waals surface area contributed by atoms with Gasteiger partial charge in [0.25, 0.3) is 0 Å². The van der Waals surface area contributed by atoms with E-state index in [1.807, 2.05) is 24.3 Å². The first-order chi connectivity index (χ1) is 13.5. The molecule has 150 valence electrons. The number of anilines is 1. The molecule has 0 aromatic heterocycles. The number of carbonyl (C=O) groups excluding carboxylic acids is 1. The van der Waals surface area contributed by atoms with E-state index in [0.717, 1.165) is 37.7 Å². The van der Waals surface area contributed by atoms with Crippen LogP contribution < -0.4 is 16.0 Å². The Balaban J connectivity index is 1.86. The molecule has 0 saturated heterocycles. The number of hydrogen-bond donors (Lipinski definition) is 3. The van der Waals surface area contributed by atoms with Crippen molar-refractivity contribution in [3.63, 3.8) is 0 Å². The molecule has 28 heavy (non-hydrogen) atoms. The van der Waals surface area contributed by atoms with Gasteiger partial charge >= 0.3 is 0 Å². The zero-order valence-corrected chi connectivity index (χ0v) is 17.4. The van der Waals surface area contributed by atoms with E-state index < -0.39 is 0 Å². The van der Waals surface area contributed by atoms with E-state index >= 15 is 0 Å². The average molecular weight is 381 g/mol. The number of carbonyl (C=O) groups is 1. The summed E-state index contributed by atoms with van der Waals surface area (Å²) in [5.41, 5.74) is 4.64. The highest BCUT2D eigenvalue weighted by Gasteiger charge is 2.06. The van der Waals surface area contributed by atoms with Crippen LogP contribution in [0.4, 0.5) is 5.69 Å². The molecule has 1 unspecified atom stereocenters. The van der Waals surface area contributed by atoms with Crippen molar-refractivity contribution in [1.82, 2.24) is 10.6 Å². The predicted octanol–water partition coefficient (Wildman–Crippen LogP) is 3.85. The van der Waals surface area contributed by atoms with Gasteiger partial charge in [-0.25, -0.2) is 0 Å². The maximum Gasteiger partial charge on any atom is 0.221 e. The Labute approximate surface area is 168 Å². The molecule has 1 amide bonds. The summed E-state index contributed by atoms with van der Waals surface area (Å²) in [6, 6.07) is 16.6. The average Bonchev–Trinajstić information content (AvgIpc) is 2.66. The first-order valence-electron chi connectivity index (χ1n) is 9.93. The fourth-order valence-corrected chi connectivity index (χ4v) is 2.94. The third kappa shape index (κ3) is 7.43. The SMILES string of the molecule is CCNC(=NCC(C)c1cccc(C)c1)NCCc1ccc(NC(C)=O)cc1. The van der Waals surface area contributed by atoms with Gasteiger partial charge in [-0.1, -0.05) is 48.9 Å². The van der Waals surface area contributed by atoms with Crippen LogP contribution in [0.3, 0.4) is 0 Å². The maximum atomic E-state index is 11.1. The molecule has 0 fully saturated rings. The van der Waals surface area contributed by atoms with Crippen LogP contribution in [0.5, 0.6) is 0 Å². The summed E-state index contributed by atoms with van der Waals surface area (Å²) >= 11 is 0. The molecule has 0 aliphatic heterocycles. The Morgan fingerprint density at radius 2 is 1.86 bits per heavy atom. The van der Waals surface area contributed by atoms with E-state index in [2.05, 4.69) is 61.0 Å². The molecule has 3 N–H and O–H groups in total. The van der Waals surface area contributed by atoms with Crippen molar-refractivity contribution in [2.75, 3.05) is 25.0 Å². The van der Waals surface area contributed by atoms with Crippen LogP contribution in [0.1, 0.15) is 43.4 Å². The van der Waals surface area contributed by atoms with Crippen molar-refractivity contribution in [2.24, 2.45) is 4.99 Å². The molecule has 0 bridgehead atoms. The molecular weight excluding hydrogens is 348 g/mol. The molecular formula is C23H32N4O. The lowest BCUT2D eigenvalue weighted by Crippen LogP contribution is -2.38. The molecule has 0 aliphatic rings. The van der Waals surface area contributed by atoms with Crippen molar-refractivity contribution in [3.8, 4) is 0 Å². The van der Waals surface area contributed by atoms with Gasteiger partial charge in [-0.15, -0.1) is 0 Å². The van der Waals surface area contributed by atoms with Crippen LogP contribution >= 0.6 is 0 Å². The summed E-state index contributed by atoms with van der Waals surface area (Å²) in [7, 11) is 0. The third-order valence-corrected chi connectivity index (χ3v) is 4.46. The summed E-state index contributed by atoms with van der Waals surface area (Å²) in [6.07, 6.45) is 0.887. The highest BCUT2D eigenvalue weighted by atomic mass is 16.1. The summed E-state index contributed by atoms with van der Waals surface area (Å²) < 4.78 is 0. The van der Waals surface area contributed by atoms with Gasteiger partial charge in [-0.2, -0.15) is 0 Å². The number of hydrogen-bond acceptors (Lipinski definition) is 2. The zero-order chi connectivity index (χ0) is 20.4. The van der Waals surface area contributed by atoms with Crippen molar-refractivity contribution in [1.29, 1.82) is 0 Å². The second-order valence-electron chi connectivity index (χ2n) is 7.09. The molecule has 5 nitrogen and oxygen atoms in total. The van der Waals surface area contributed by atoms with Crippen molar-refractivity contribution >= 4 is 17.6 Å². The Hall–Kier alpha value is -2.82. The van der Waals surface area contributed by atoms with Crippen molar-refractivity contribution in [3.05, 3.63) is 65.2 Å². The van der Waals surface area contributed by atoms with Crippen molar-refractivity contribution in [2.45, 2.75) is 40.0 Å². The zero-order valence-electron chi connectivity index (χ0n) is 17.4. The fourth-order valence-electron chi connectivity index (χ4n) is 2.94. The number of guanidine groups is 1. The van der Waals surface area contributed by atoms with Gasteiger partial charge in [-0.3, -0.25) is 9.79 Å². The van der Waals surface area contributed by atoms with Gasteiger partial charge in [0, 0.05) is 38.2 Å². The van der Waals surface area contributed by atoms with Gasteiger partial charge in [0.05, 0.1) is 0 Å². The number of amides is 1. The summed E-state index contributed by atoms with van der Waals surface area (Å²) in [5.74, 6) is 1.16. The van der Waals surface area contributed by atoms with Gasteiger partial charge < -0.3 is 16.0 Å². The van der Waals surface area contributed by atoms with Gasteiger partial charge in [-0.05, 0) is 43.5 Å². The Kier molecular flexibility index (Phi) is 8.53. The molecule has 5 heteroatoms. The highest BCUT2D eigenvalue weighted by Crippen LogP contribution is 2.16. The first kappa shape index (κ1) is 21.5. The Bertz CT molecular complexity index is 783. The molecule has 0 aliphatic carbocycles. The minimum absolute atomic E-state index is 0.0548. The third-order valence-electron chi connectivity index (χ3n) is 4.46. The van der Waals surface area contributed by atoms with Gasteiger partial charge in [0.2, 0.25) is 5.91 Å². The largest absolute Gasteiger partial charge is 0.357 e. The maximum absolute atomic E-state index is 11.1. The number of aliphatic imine (C=N–C) groups is 1. The topological polar surface area (TPSA) is 65.5 Å². The Morgan fingerprint density at radius 3 is 2.50 bits per heavy atom. The molecule has 0 heterocycles. The molecule has 0 spiro atoms. The molecule has 2 rings (SSSR count). The number of aryl methyl sites for hydroxylation is 1. The Morgan fingerprint density at radius 1 is 1.11 bits per heavy atom. The molecule has 0 radical (unpaired) electrons. The molecule has 1 atom stereocenters. The predicted molar refractivity (Wildman–Crippen MR) is 118 cm³/mol. The van der Waals surface area contributed by atoms with E-state index in [4.69, 9.17) is 4.99 Å². The number of nitrogens with zero attached hydrogens (tertiary/aromatic N) is 1. The van der Waals surface area contributed by atoms with E-state index in [-0.39, 0.29) is 5.91 Å². The standard InChI is InChI=1S/C23H32N4O/c1-5-24-23(26-16-18(3)21-8-6-7-17(2)15-21)25-14-13-20-9-11-22(12-10-20)27-19(4)28/h6-12,15,18H,5,13-14,16H2,1-4H3,(H,27,28)(H2,24,25,26). The van der Waals surface area contributed by atoms with Crippen LogP contribution in [-0.2, 0) is 11.2 Å². The minimum atomic E-state index is -0.0548. The lowest BCUT2D eigenvalue weighted by Gasteiger charge is -2.14. The monoisotopic (exact) mass is 380 g/mol. The summed E-state index contributed by atoms with van der Waals surface area (Å²) in [4.78, 5) is 15.8. The summed E-state index contributed by atoms with van der Waals surface area (Å²) in [6.45, 7) is 10.3. The number of rotatable bonds is 8. The van der Waals surface area contributed by atoms with E-state index in [1.165, 1.54) is 23.6 Å². The van der Waals surface area contributed by atoms with Gasteiger partial charge in [0.15, 0.2) is 5.96 Å². The minimum Gasteiger partial charge on any atom is -0.357 e. The second-order valence-corrected chi connectivity index (χ2v) is 7.09. The summed E-state index contributed by atoms with van der Waals surface area (Å²) in [5, 5.41) is 9.50. The lowest BCUT2D eigenvalue weighted by molar-refractivity contribution is -0.114. The van der Waals surface area contributed by atoms with Crippen molar-refractivity contribution < 1.29 is 4.79 Å². The van der Waals surface area contributed by atoms with E-state index in [1.54, 1.807) is 0 Å². The van der Waals surface area contributed by atoms with Crippen LogP contribution in [0.2, 0.25) is 0 Å². The van der Waals surface area contributed by atoms with E-state index in [0.29, 0.717) is 5.92 Å². The first-order valence-corrected chi connectivity index (χ1v) is 9.93. The van der Waals surface area contributed by atoms with Gasteiger partial charge in [0.1, 0.15) is 0 Å². The quantitative estimate of drug-likeness (QED) is 0.481. The van der Waals surface area contributed by atoms with E-state index in [9.17, 15) is 4.79 Å². The lowest BCUT2D eigenvalue weighted by atomic mass is 10.00. The highest BCUT2D eigenvalue weighted by molar-refractivity contribution is 5.88. The molecule has 2 aromatic rings. The number of benzene rings is 2. The van der Waals surface area contributed by atoms with Crippen LogP contribution in [0.15, 0.2) is 53.5 Å².